The van der Waals surface area contributed by atoms with Crippen LogP contribution in [0.25, 0.3) is 0 Å². The van der Waals surface area contributed by atoms with Crippen LogP contribution in [0.15, 0.2) is 36.4 Å². The minimum atomic E-state index is -0.555. The number of ether oxygens (including phenoxy) is 3. The third kappa shape index (κ3) is 4.80. The third-order valence-electron chi connectivity index (χ3n) is 7.17. The van der Waals surface area contributed by atoms with E-state index in [1.165, 1.54) is 17.0 Å². The number of benzene rings is 2. The Labute approximate surface area is 208 Å². The first kappa shape index (κ1) is 24.2. The second kappa shape index (κ2) is 10.3. The molecule has 1 fully saturated rings. The van der Waals surface area contributed by atoms with Gasteiger partial charge >= 0.3 is 11.9 Å². The Bertz CT molecular complexity index is 1160. The van der Waals surface area contributed by atoms with Crippen LogP contribution in [0.1, 0.15) is 48.0 Å². The van der Waals surface area contributed by atoms with Crippen molar-refractivity contribution in [3.63, 3.8) is 0 Å². The number of halogens is 1. The molecule has 0 bridgehead atoms. The largest absolute Gasteiger partial charge is 0.486 e. The lowest BCUT2D eigenvalue weighted by Gasteiger charge is -2.37. The van der Waals surface area contributed by atoms with Gasteiger partial charge < -0.3 is 14.2 Å². The van der Waals surface area contributed by atoms with Crippen molar-refractivity contribution >= 4 is 23.3 Å². The molecule has 1 amide bonds. The van der Waals surface area contributed by atoms with Crippen molar-refractivity contribution in [3.05, 3.63) is 53.3 Å². The molecule has 9 heteroatoms. The first-order chi connectivity index (χ1) is 17.4. The lowest BCUT2D eigenvalue weighted by Crippen LogP contribution is -2.45. The van der Waals surface area contributed by atoms with Crippen molar-refractivity contribution in [3.8, 4) is 11.5 Å². The van der Waals surface area contributed by atoms with Gasteiger partial charge in [0, 0.05) is 19.2 Å². The van der Waals surface area contributed by atoms with Gasteiger partial charge in [0.15, 0.2) is 11.5 Å². The average Bonchev–Trinajstić information content (AvgIpc) is 3.11. The lowest BCUT2D eigenvalue weighted by atomic mass is 9.78. The number of fused-ring (bicyclic) bond motifs is 2. The Morgan fingerprint density at radius 3 is 2.42 bits per heavy atom. The first-order valence-corrected chi connectivity index (χ1v) is 12.4. The van der Waals surface area contributed by atoms with Crippen LogP contribution in [0.2, 0.25) is 0 Å². The summed E-state index contributed by atoms with van der Waals surface area (Å²) in [5, 5.41) is 0. The van der Waals surface area contributed by atoms with Gasteiger partial charge in [-0.05, 0) is 55.4 Å². The highest BCUT2D eigenvalue weighted by molar-refractivity contribution is 6.52. The summed E-state index contributed by atoms with van der Waals surface area (Å²) in [4.78, 5) is 41.4. The number of anilines is 1. The standard InChI is InChI=1S/C27H29FN2O6/c1-2-34-25(31)14-20(17-3-5-19(28)6-4-17)18-7-9-29(10-8-18)16-30-22-15-24-23(35-11-12-36-24)13-21(22)26(32)27(30)33/h3-6,13,15,18,20H,2,7-12,14,16H2,1H3. The zero-order valence-electron chi connectivity index (χ0n) is 20.2. The van der Waals surface area contributed by atoms with E-state index in [0.717, 1.165) is 18.4 Å². The van der Waals surface area contributed by atoms with Crippen molar-refractivity contribution < 1.29 is 33.0 Å². The van der Waals surface area contributed by atoms with Crippen LogP contribution in [0.5, 0.6) is 11.5 Å². The molecule has 36 heavy (non-hydrogen) atoms. The van der Waals surface area contributed by atoms with Gasteiger partial charge in [-0.15, -0.1) is 0 Å². The van der Waals surface area contributed by atoms with Gasteiger partial charge in [-0.25, -0.2) is 4.39 Å². The second-order valence-corrected chi connectivity index (χ2v) is 9.34. The molecule has 8 nitrogen and oxygen atoms in total. The molecule has 1 unspecified atom stereocenters. The van der Waals surface area contributed by atoms with E-state index in [0.29, 0.717) is 62.3 Å². The van der Waals surface area contributed by atoms with Gasteiger partial charge in [-0.2, -0.15) is 0 Å². The number of hydrogen-bond donors (Lipinski definition) is 0. The van der Waals surface area contributed by atoms with Crippen LogP contribution in [-0.4, -0.2) is 62.1 Å². The molecule has 190 valence electrons. The molecule has 0 radical (unpaired) electrons. The van der Waals surface area contributed by atoms with Gasteiger partial charge in [0.2, 0.25) is 0 Å². The topological polar surface area (TPSA) is 85.4 Å². The predicted octanol–water partition coefficient (Wildman–Crippen LogP) is 3.53. The van der Waals surface area contributed by atoms with Crippen LogP contribution in [0.4, 0.5) is 10.1 Å². The normalized spacial score (nSPS) is 18.8. The van der Waals surface area contributed by atoms with Crippen LogP contribution < -0.4 is 14.4 Å². The molecule has 5 rings (SSSR count). The van der Waals surface area contributed by atoms with E-state index in [9.17, 15) is 18.8 Å². The third-order valence-corrected chi connectivity index (χ3v) is 7.17. The van der Waals surface area contributed by atoms with Crippen LogP contribution >= 0.6 is 0 Å². The van der Waals surface area contributed by atoms with E-state index in [1.807, 2.05) is 0 Å². The fourth-order valence-corrected chi connectivity index (χ4v) is 5.33. The monoisotopic (exact) mass is 496 g/mol. The number of nitrogens with zero attached hydrogens (tertiary/aromatic N) is 2. The highest BCUT2D eigenvalue weighted by atomic mass is 19.1. The van der Waals surface area contributed by atoms with Crippen molar-refractivity contribution in [2.75, 3.05) is 44.5 Å². The molecule has 0 aromatic heterocycles. The molecule has 2 aromatic rings. The van der Waals surface area contributed by atoms with Crippen molar-refractivity contribution in [1.29, 1.82) is 0 Å². The number of likely N-dealkylation sites (tertiary alicyclic amines) is 1. The summed E-state index contributed by atoms with van der Waals surface area (Å²) in [5.41, 5.74) is 1.80. The summed E-state index contributed by atoms with van der Waals surface area (Å²) >= 11 is 0. The molecule has 3 aliphatic rings. The molecule has 0 spiro atoms. The fraction of sp³-hybridized carbons (Fsp3) is 0.444. The van der Waals surface area contributed by atoms with E-state index in [1.54, 1.807) is 31.2 Å². The number of piperidine rings is 1. The van der Waals surface area contributed by atoms with Gasteiger partial charge in [0.1, 0.15) is 19.0 Å². The molecule has 0 saturated carbocycles. The summed E-state index contributed by atoms with van der Waals surface area (Å²) in [6.45, 7) is 4.61. The predicted molar refractivity (Wildman–Crippen MR) is 129 cm³/mol. The van der Waals surface area contributed by atoms with E-state index in [2.05, 4.69) is 4.90 Å². The summed E-state index contributed by atoms with van der Waals surface area (Å²) < 4.78 is 29.9. The molecule has 3 aliphatic heterocycles. The van der Waals surface area contributed by atoms with Gasteiger partial charge in [-0.1, -0.05) is 12.1 Å². The molecular formula is C27H29FN2O6. The minimum absolute atomic E-state index is 0.0776. The quantitative estimate of drug-likeness (QED) is 0.428. The molecule has 1 saturated heterocycles. The summed E-state index contributed by atoms with van der Waals surface area (Å²) in [7, 11) is 0. The van der Waals surface area contributed by atoms with Gasteiger partial charge in [0.05, 0.1) is 30.9 Å². The Kier molecular flexibility index (Phi) is 6.91. The van der Waals surface area contributed by atoms with Crippen molar-refractivity contribution in [2.24, 2.45) is 5.92 Å². The zero-order valence-corrected chi connectivity index (χ0v) is 20.2. The summed E-state index contributed by atoms with van der Waals surface area (Å²) in [6, 6.07) is 9.63. The number of Topliss-reactive ketones (excluding diaryl/α,β-unsaturated/α-hetero) is 1. The lowest BCUT2D eigenvalue weighted by molar-refractivity contribution is -0.144. The summed E-state index contributed by atoms with van der Waals surface area (Å²) in [6.07, 6.45) is 1.83. The number of carbonyl (C=O) groups excluding carboxylic acids is 3. The molecule has 1 atom stereocenters. The van der Waals surface area contributed by atoms with Gasteiger partial charge in [-0.3, -0.25) is 24.2 Å². The van der Waals surface area contributed by atoms with Crippen LogP contribution in [0.3, 0.4) is 0 Å². The maximum atomic E-state index is 13.5. The summed E-state index contributed by atoms with van der Waals surface area (Å²) in [5.74, 6) is -0.523. The number of carbonyl (C=O) groups is 3. The average molecular weight is 497 g/mol. The zero-order chi connectivity index (χ0) is 25.2. The Morgan fingerprint density at radius 2 is 1.75 bits per heavy atom. The van der Waals surface area contributed by atoms with Crippen molar-refractivity contribution in [2.45, 2.75) is 32.1 Å². The smallest absolute Gasteiger partial charge is 0.306 e. The van der Waals surface area contributed by atoms with Crippen molar-refractivity contribution in [1.82, 2.24) is 4.90 Å². The Hall–Kier alpha value is -3.46. The molecule has 2 aromatic carbocycles. The number of rotatable bonds is 7. The maximum absolute atomic E-state index is 13.5. The Balaban J connectivity index is 1.28. The number of amides is 1. The SMILES string of the molecule is CCOC(=O)CC(c1ccc(F)cc1)C1CCN(CN2C(=O)C(=O)c3cc4c(cc32)OCCO4)CC1. The maximum Gasteiger partial charge on any atom is 0.306 e. The molecule has 3 heterocycles. The minimum Gasteiger partial charge on any atom is -0.486 e. The number of hydrogen-bond acceptors (Lipinski definition) is 7. The number of ketones is 1. The first-order valence-electron chi connectivity index (χ1n) is 12.4. The fourth-order valence-electron chi connectivity index (χ4n) is 5.33. The number of esters is 1. The van der Waals surface area contributed by atoms with E-state index < -0.39 is 11.7 Å². The van der Waals surface area contributed by atoms with Crippen LogP contribution in [0, 0.1) is 11.7 Å². The second-order valence-electron chi connectivity index (χ2n) is 9.34. The van der Waals surface area contributed by atoms with E-state index in [-0.39, 0.29) is 30.0 Å². The van der Waals surface area contributed by atoms with Gasteiger partial charge in [0.25, 0.3) is 5.78 Å². The highest BCUT2D eigenvalue weighted by Gasteiger charge is 2.39. The Morgan fingerprint density at radius 1 is 1.08 bits per heavy atom. The molecular weight excluding hydrogens is 467 g/mol. The van der Waals surface area contributed by atoms with E-state index in [4.69, 9.17) is 14.2 Å². The van der Waals surface area contributed by atoms with Crippen LogP contribution in [-0.2, 0) is 14.3 Å². The molecule has 0 N–H and O–H groups in total. The molecule has 0 aliphatic carbocycles. The van der Waals surface area contributed by atoms with E-state index >= 15 is 0 Å². The highest BCUT2D eigenvalue weighted by Crippen LogP contribution is 2.41.